The molecular formula is C14H18F4N2. The van der Waals surface area contributed by atoms with E-state index in [0.29, 0.717) is 19.5 Å². The summed E-state index contributed by atoms with van der Waals surface area (Å²) >= 11 is 0. The number of alkyl halides is 3. The van der Waals surface area contributed by atoms with Crippen LogP contribution < -0.4 is 5.32 Å². The molecule has 1 saturated heterocycles. The van der Waals surface area contributed by atoms with Gasteiger partial charge in [0.05, 0.1) is 5.56 Å². The first-order valence-electron chi connectivity index (χ1n) is 6.75. The highest BCUT2D eigenvalue weighted by atomic mass is 19.4. The van der Waals surface area contributed by atoms with Crippen LogP contribution in [0.25, 0.3) is 0 Å². The van der Waals surface area contributed by atoms with E-state index in [1.807, 2.05) is 11.8 Å². The average molecular weight is 290 g/mol. The van der Waals surface area contributed by atoms with Crippen LogP contribution in [0.3, 0.4) is 0 Å². The Labute approximate surface area is 115 Å². The number of benzene rings is 1. The van der Waals surface area contributed by atoms with Crippen LogP contribution in [0, 0.1) is 5.82 Å². The zero-order valence-electron chi connectivity index (χ0n) is 11.3. The largest absolute Gasteiger partial charge is 0.416 e. The van der Waals surface area contributed by atoms with E-state index in [1.54, 1.807) is 0 Å². The first-order valence-corrected chi connectivity index (χ1v) is 6.75. The molecule has 112 valence electrons. The minimum absolute atomic E-state index is 0.0434. The second kappa shape index (κ2) is 6.10. The van der Waals surface area contributed by atoms with Gasteiger partial charge in [-0.2, -0.15) is 13.2 Å². The van der Waals surface area contributed by atoms with Gasteiger partial charge in [0.15, 0.2) is 0 Å². The molecule has 0 aliphatic carbocycles. The third kappa shape index (κ3) is 3.30. The minimum atomic E-state index is -4.45. The predicted molar refractivity (Wildman–Crippen MR) is 68.9 cm³/mol. The highest BCUT2D eigenvalue weighted by molar-refractivity contribution is 5.33. The molecule has 1 heterocycles. The highest BCUT2D eigenvalue weighted by Gasteiger charge is 2.36. The maximum Gasteiger partial charge on any atom is 0.416 e. The molecule has 0 aromatic heterocycles. The summed E-state index contributed by atoms with van der Waals surface area (Å²) in [5.41, 5.74) is -0.689. The van der Waals surface area contributed by atoms with Crippen LogP contribution in [-0.2, 0) is 6.18 Å². The molecule has 20 heavy (non-hydrogen) atoms. The maximum atomic E-state index is 13.4. The van der Waals surface area contributed by atoms with Crippen molar-refractivity contribution in [2.45, 2.75) is 25.6 Å². The zero-order valence-corrected chi connectivity index (χ0v) is 11.3. The van der Waals surface area contributed by atoms with Crippen LogP contribution in [0.2, 0.25) is 0 Å². The molecule has 1 atom stereocenters. The van der Waals surface area contributed by atoms with Crippen LogP contribution >= 0.6 is 0 Å². The Bertz CT molecular complexity index is 453. The number of piperazine rings is 1. The first-order chi connectivity index (χ1) is 9.43. The second-order valence-corrected chi connectivity index (χ2v) is 4.94. The molecule has 1 N–H and O–H groups in total. The quantitative estimate of drug-likeness (QED) is 0.860. The molecule has 0 saturated carbocycles. The lowest BCUT2D eigenvalue weighted by Crippen LogP contribution is -2.45. The normalized spacial score (nSPS) is 19.1. The summed E-state index contributed by atoms with van der Waals surface area (Å²) in [6.07, 6.45) is -3.93. The fraction of sp³-hybridized carbons (Fsp3) is 0.571. The van der Waals surface area contributed by atoms with Gasteiger partial charge in [0.1, 0.15) is 5.82 Å². The fourth-order valence-electron chi connectivity index (χ4n) is 2.74. The van der Waals surface area contributed by atoms with Crippen molar-refractivity contribution in [2.24, 2.45) is 0 Å². The average Bonchev–Trinajstić information content (AvgIpc) is 2.39. The van der Waals surface area contributed by atoms with Gasteiger partial charge in [0, 0.05) is 32.2 Å². The van der Waals surface area contributed by atoms with Gasteiger partial charge in [-0.05, 0) is 30.2 Å². The third-order valence-corrected chi connectivity index (χ3v) is 3.66. The zero-order chi connectivity index (χ0) is 14.8. The topological polar surface area (TPSA) is 15.3 Å². The lowest BCUT2D eigenvalue weighted by molar-refractivity contribution is -0.138. The lowest BCUT2D eigenvalue weighted by Gasteiger charge is -2.35. The van der Waals surface area contributed by atoms with E-state index in [0.717, 1.165) is 31.3 Å². The molecule has 2 rings (SSSR count). The van der Waals surface area contributed by atoms with E-state index >= 15 is 0 Å². The lowest BCUT2D eigenvalue weighted by atomic mass is 9.96. The van der Waals surface area contributed by atoms with Crippen molar-refractivity contribution in [3.63, 3.8) is 0 Å². The molecule has 0 spiro atoms. The second-order valence-electron chi connectivity index (χ2n) is 4.94. The number of rotatable bonds is 3. The van der Waals surface area contributed by atoms with Gasteiger partial charge < -0.3 is 5.32 Å². The van der Waals surface area contributed by atoms with Crippen molar-refractivity contribution in [3.8, 4) is 0 Å². The summed E-state index contributed by atoms with van der Waals surface area (Å²) in [5, 5.41) is 3.16. The molecule has 0 amide bonds. The SMILES string of the molecule is CC[C@@H](c1cc(F)ccc1C(F)(F)F)N1CCNCC1. The number of hydrogen-bond acceptors (Lipinski definition) is 2. The van der Waals surface area contributed by atoms with E-state index in [2.05, 4.69) is 5.32 Å². The molecule has 6 heteroatoms. The minimum Gasteiger partial charge on any atom is -0.314 e. The van der Waals surface area contributed by atoms with E-state index in [-0.39, 0.29) is 5.56 Å². The van der Waals surface area contributed by atoms with Gasteiger partial charge in [-0.3, -0.25) is 4.90 Å². The molecule has 1 aliphatic rings. The van der Waals surface area contributed by atoms with Gasteiger partial charge in [-0.15, -0.1) is 0 Å². The van der Waals surface area contributed by atoms with Crippen LogP contribution in [0.15, 0.2) is 18.2 Å². The number of nitrogens with one attached hydrogen (secondary N) is 1. The van der Waals surface area contributed by atoms with E-state index in [9.17, 15) is 17.6 Å². The van der Waals surface area contributed by atoms with Gasteiger partial charge in [-0.25, -0.2) is 4.39 Å². The van der Waals surface area contributed by atoms with Gasteiger partial charge in [-0.1, -0.05) is 6.92 Å². The molecule has 1 aliphatic heterocycles. The van der Waals surface area contributed by atoms with Crippen LogP contribution in [-0.4, -0.2) is 31.1 Å². The van der Waals surface area contributed by atoms with Crippen LogP contribution in [0.1, 0.15) is 30.5 Å². The number of nitrogens with zero attached hydrogens (tertiary/aromatic N) is 1. The summed E-state index contributed by atoms with van der Waals surface area (Å²) in [6.45, 7) is 4.66. The maximum absolute atomic E-state index is 13.4. The molecular weight excluding hydrogens is 272 g/mol. The van der Waals surface area contributed by atoms with Crippen molar-refractivity contribution in [2.75, 3.05) is 26.2 Å². The third-order valence-electron chi connectivity index (χ3n) is 3.66. The smallest absolute Gasteiger partial charge is 0.314 e. The van der Waals surface area contributed by atoms with Crippen LogP contribution in [0.5, 0.6) is 0 Å². The predicted octanol–water partition coefficient (Wildman–Crippen LogP) is 3.20. The molecule has 0 bridgehead atoms. The molecule has 0 unspecified atom stereocenters. The van der Waals surface area contributed by atoms with Crippen molar-refractivity contribution >= 4 is 0 Å². The van der Waals surface area contributed by atoms with E-state index in [4.69, 9.17) is 0 Å². The Balaban J connectivity index is 2.39. The van der Waals surface area contributed by atoms with Crippen molar-refractivity contribution in [3.05, 3.63) is 35.1 Å². The Hall–Kier alpha value is -1.14. The van der Waals surface area contributed by atoms with Crippen molar-refractivity contribution in [1.29, 1.82) is 0 Å². The Morgan fingerprint density at radius 2 is 1.90 bits per heavy atom. The number of halogens is 4. The first kappa shape index (κ1) is 15.3. The number of hydrogen-bond donors (Lipinski definition) is 1. The molecule has 1 aromatic rings. The monoisotopic (exact) mass is 290 g/mol. The molecule has 1 aromatic carbocycles. The van der Waals surface area contributed by atoms with Crippen LogP contribution in [0.4, 0.5) is 17.6 Å². The fourth-order valence-corrected chi connectivity index (χ4v) is 2.74. The summed E-state index contributed by atoms with van der Waals surface area (Å²) in [5.74, 6) is -0.624. The van der Waals surface area contributed by atoms with Crippen molar-refractivity contribution < 1.29 is 17.6 Å². The molecule has 1 fully saturated rings. The summed E-state index contributed by atoms with van der Waals surface area (Å²) in [7, 11) is 0. The summed E-state index contributed by atoms with van der Waals surface area (Å²) in [6, 6.07) is 2.34. The van der Waals surface area contributed by atoms with E-state index in [1.165, 1.54) is 0 Å². The van der Waals surface area contributed by atoms with Gasteiger partial charge >= 0.3 is 6.18 Å². The Kier molecular flexibility index (Phi) is 4.65. The molecule has 2 nitrogen and oxygen atoms in total. The van der Waals surface area contributed by atoms with E-state index < -0.39 is 23.6 Å². The Morgan fingerprint density at radius 1 is 1.25 bits per heavy atom. The summed E-state index contributed by atoms with van der Waals surface area (Å²) < 4.78 is 52.7. The van der Waals surface area contributed by atoms with Gasteiger partial charge in [0.25, 0.3) is 0 Å². The Morgan fingerprint density at radius 3 is 2.45 bits per heavy atom. The highest BCUT2D eigenvalue weighted by Crippen LogP contribution is 2.37. The summed E-state index contributed by atoms with van der Waals surface area (Å²) in [4.78, 5) is 1.99. The standard InChI is InChI=1S/C14H18F4N2/c1-2-13(20-7-5-19-6-8-20)11-9-10(15)3-4-12(11)14(16,17)18/h3-4,9,13,19H,2,5-8H2,1H3/t13-/m0/s1. The van der Waals surface area contributed by atoms with Gasteiger partial charge in [0.2, 0.25) is 0 Å². The van der Waals surface area contributed by atoms with Crippen molar-refractivity contribution in [1.82, 2.24) is 10.2 Å². The molecule has 0 radical (unpaired) electrons.